The van der Waals surface area contributed by atoms with Gasteiger partial charge >= 0.3 is 0 Å². The van der Waals surface area contributed by atoms with Crippen molar-refractivity contribution in [1.82, 2.24) is 19.7 Å². The number of nitrogens with one attached hydrogen (secondary N) is 1. The van der Waals surface area contributed by atoms with Crippen molar-refractivity contribution >= 4 is 29.3 Å². The number of benzene rings is 2. The lowest BCUT2D eigenvalue weighted by molar-refractivity contribution is -0.131. The van der Waals surface area contributed by atoms with Gasteiger partial charge in [-0.2, -0.15) is 0 Å². The predicted molar refractivity (Wildman–Crippen MR) is 132 cm³/mol. The molecule has 2 amide bonds. The van der Waals surface area contributed by atoms with Gasteiger partial charge in [-0.25, -0.2) is 0 Å². The van der Waals surface area contributed by atoms with Gasteiger partial charge in [0.05, 0.1) is 26.5 Å². The highest BCUT2D eigenvalue weighted by molar-refractivity contribution is 7.99. The van der Waals surface area contributed by atoms with Crippen LogP contribution >= 0.6 is 11.8 Å². The summed E-state index contributed by atoms with van der Waals surface area (Å²) in [7, 11) is 4.76. The summed E-state index contributed by atoms with van der Waals surface area (Å²) in [6.45, 7) is 4.22. The molecule has 1 aromatic heterocycles. The second-order valence-corrected chi connectivity index (χ2v) is 8.20. The van der Waals surface area contributed by atoms with E-state index in [1.54, 1.807) is 51.6 Å². The molecule has 9 nitrogen and oxygen atoms in total. The van der Waals surface area contributed by atoms with Crippen molar-refractivity contribution in [2.45, 2.75) is 11.7 Å². The molecular formula is C24H27N5O4S. The van der Waals surface area contributed by atoms with Gasteiger partial charge in [0.2, 0.25) is 11.8 Å². The molecule has 0 fully saturated rings. The molecule has 0 unspecified atom stereocenters. The largest absolute Gasteiger partial charge is 0.497 e. The lowest BCUT2D eigenvalue weighted by atomic mass is 10.2. The van der Waals surface area contributed by atoms with Crippen LogP contribution in [0.4, 0.5) is 5.69 Å². The molecule has 2 aromatic carbocycles. The molecule has 178 valence electrons. The summed E-state index contributed by atoms with van der Waals surface area (Å²) in [5, 5.41) is 11.9. The number of rotatable bonds is 11. The summed E-state index contributed by atoms with van der Waals surface area (Å²) in [4.78, 5) is 26.4. The number of anilines is 1. The van der Waals surface area contributed by atoms with Crippen molar-refractivity contribution in [2.24, 2.45) is 0 Å². The smallest absolute Gasteiger partial charge is 0.243 e. The predicted octanol–water partition coefficient (Wildman–Crippen LogP) is 3.34. The zero-order chi connectivity index (χ0) is 24.5. The van der Waals surface area contributed by atoms with Crippen LogP contribution in [0.15, 0.2) is 66.3 Å². The molecule has 0 bridgehead atoms. The van der Waals surface area contributed by atoms with E-state index in [0.717, 1.165) is 11.3 Å². The Labute approximate surface area is 202 Å². The van der Waals surface area contributed by atoms with Crippen LogP contribution < -0.4 is 14.8 Å². The minimum absolute atomic E-state index is 0.0763. The summed E-state index contributed by atoms with van der Waals surface area (Å²) in [6.07, 6.45) is 1.75. The molecule has 0 radical (unpaired) electrons. The molecule has 0 saturated carbocycles. The Bertz CT molecular complexity index is 1150. The number of allylic oxidation sites excluding steroid dienone is 1. The Morgan fingerprint density at radius 1 is 1.12 bits per heavy atom. The number of hydrogen-bond donors (Lipinski definition) is 1. The van der Waals surface area contributed by atoms with Crippen molar-refractivity contribution in [3.05, 3.63) is 61.2 Å². The number of thioether (sulfide) groups is 1. The Kier molecular flexibility index (Phi) is 8.69. The standard InChI is InChI=1S/C24H27N5O4S/c1-5-13-29-23(17-9-11-19(32-3)12-10-17)26-27-24(29)34-16-22(31)28(2)15-21(30)25-18-7-6-8-20(14-18)33-4/h5-12,14H,1,13,15-16H2,2-4H3,(H,25,30). The average molecular weight is 482 g/mol. The average Bonchev–Trinajstić information content (AvgIpc) is 3.25. The number of nitrogens with zero attached hydrogens (tertiary/aromatic N) is 4. The molecule has 3 rings (SSSR count). The third-order valence-electron chi connectivity index (χ3n) is 4.86. The maximum Gasteiger partial charge on any atom is 0.243 e. The highest BCUT2D eigenvalue weighted by Gasteiger charge is 2.18. The lowest BCUT2D eigenvalue weighted by Crippen LogP contribution is -2.36. The van der Waals surface area contributed by atoms with E-state index in [4.69, 9.17) is 9.47 Å². The number of ether oxygens (including phenoxy) is 2. The summed E-state index contributed by atoms with van der Waals surface area (Å²) >= 11 is 1.26. The van der Waals surface area contributed by atoms with Gasteiger partial charge in [-0.1, -0.05) is 23.9 Å². The molecule has 3 aromatic rings. The van der Waals surface area contributed by atoms with Crippen LogP contribution in [-0.4, -0.2) is 65.0 Å². The van der Waals surface area contributed by atoms with Crippen LogP contribution in [0.5, 0.6) is 11.5 Å². The Morgan fingerprint density at radius 3 is 2.53 bits per heavy atom. The van der Waals surface area contributed by atoms with E-state index in [0.29, 0.717) is 29.0 Å². The van der Waals surface area contributed by atoms with Crippen molar-refractivity contribution in [2.75, 3.05) is 38.9 Å². The SMILES string of the molecule is C=CCn1c(SCC(=O)N(C)CC(=O)Nc2cccc(OC)c2)nnc1-c1ccc(OC)cc1. The fraction of sp³-hybridized carbons (Fsp3) is 0.250. The van der Waals surface area contributed by atoms with Gasteiger partial charge in [0.25, 0.3) is 0 Å². The van der Waals surface area contributed by atoms with E-state index in [2.05, 4.69) is 22.1 Å². The number of likely N-dealkylation sites (N-methyl/N-ethyl adjacent to an activating group) is 1. The summed E-state index contributed by atoms with van der Waals surface area (Å²) in [5.41, 5.74) is 1.47. The van der Waals surface area contributed by atoms with Crippen LogP contribution in [0.2, 0.25) is 0 Å². The van der Waals surface area contributed by atoms with Gasteiger partial charge < -0.3 is 19.7 Å². The van der Waals surface area contributed by atoms with E-state index in [1.165, 1.54) is 16.7 Å². The Morgan fingerprint density at radius 2 is 1.85 bits per heavy atom. The minimum atomic E-state index is -0.300. The molecule has 1 N–H and O–H groups in total. The second kappa shape index (κ2) is 11.9. The van der Waals surface area contributed by atoms with E-state index in [9.17, 15) is 9.59 Å². The third-order valence-corrected chi connectivity index (χ3v) is 5.81. The van der Waals surface area contributed by atoms with Gasteiger partial charge in [-0.3, -0.25) is 14.2 Å². The van der Waals surface area contributed by atoms with Crippen LogP contribution in [-0.2, 0) is 16.1 Å². The minimum Gasteiger partial charge on any atom is -0.497 e. The third kappa shape index (κ3) is 6.38. The van der Waals surface area contributed by atoms with E-state index >= 15 is 0 Å². The van der Waals surface area contributed by atoms with E-state index in [1.807, 2.05) is 28.8 Å². The maximum absolute atomic E-state index is 12.6. The van der Waals surface area contributed by atoms with Crippen molar-refractivity contribution in [3.63, 3.8) is 0 Å². The van der Waals surface area contributed by atoms with Crippen molar-refractivity contribution in [3.8, 4) is 22.9 Å². The number of amides is 2. The first kappa shape index (κ1) is 24.8. The first-order chi connectivity index (χ1) is 16.4. The van der Waals surface area contributed by atoms with Gasteiger partial charge in [-0.15, -0.1) is 16.8 Å². The lowest BCUT2D eigenvalue weighted by Gasteiger charge is -2.17. The molecule has 10 heteroatoms. The van der Waals surface area contributed by atoms with Gasteiger partial charge in [0, 0.05) is 30.9 Å². The highest BCUT2D eigenvalue weighted by atomic mass is 32.2. The first-order valence-electron chi connectivity index (χ1n) is 10.4. The van der Waals surface area contributed by atoms with Crippen molar-refractivity contribution in [1.29, 1.82) is 0 Å². The van der Waals surface area contributed by atoms with Crippen molar-refractivity contribution < 1.29 is 19.1 Å². The fourth-order valence-corrected chi connectivity index (χ4v) is 3.97. The number of methoxy groups -OCH3 is 2. The zero-order valence-corrected chi connectivity index (χ0v) is 20.2. The summed E-state index contributed by atoms with van der Waals surface area (Å²) in [6, 6.07) is 14.5. The monoisotopic (exact) mass is 481 g/mol. The second-order valence-electron chi connectivity index (χ2n) is 7.25. The van der Waals surface area contributed by atoms with Crippen LogP contribution in [0.3, 0.4) is 0 Å². The van der Waals surface area contributed by atoms with Gasteiger partial charge in [0.15, 0.2) is 11.0 Å². The number of hydrogen-bond acceptors (Lipinski definition) is 7. The maximum atomic E-state index is 12.6. The molecule has 0 aliphatic heterocycles. The normalized spacial score (nSPS) is 10.4. The van der Waals surface area contributed by atoms with Crippen LogP contribution in [0.1, 0.15) is 0 Å². The molecule has 0 atom stereocenters. The van der Waals surface area contributed by atoms with Crippen LogP contribution in [0.25, 0.3) is 11.4 Å². The topological polar surface area (TPSA) is 98.6 Å². The molecule has 0 aliphatic rings. The highest BCUT2D eigenvalue weighted by Crippen LogP contribution is 2.26. The molecule has 1 heterocycles. The van der Waals surface area contributed by atoms with Gasteiger partial charge in [0.1, 0.15) is 11.5 Å². The van der Waals surface area contributed by atoms with E-state index < -0.39 is 0 Å². The quantitative estimate of drug-likeness (QED) is 0.331. The van der Waals surface area contributed by atoms with Gasteiger partial charge in [-0.05, 0) is 36.4 Å². The zero-order valence-electron chi connectivity index (χ0n) is 19.4. The summed E-state index contributed by atoms with van der Waals surface area (Å²) in [5.74, 6) is 1.66. The molecule has 0 aliphatic carbocycles. The Hall–Kier alpha value is -3.79. The first-order valence-corrected chi connectivity index (χ1v) is 11.4. The number of carbonyl (C=O) groups excluding carboxylic acids is 2. The fourth-order valence-electron chi connectivity index (χ4n) is 3.08. The molecule has 0 spiro atoms. The van der Waals surface area contributed by atoms with E-state index in [-0.39, 0.29) is 24.1 Å². The summed E-state index contributed by atoms with van der Waals surface area (Å²) < 4.78 is 12.3. The number of aromatic nitrogens is 3. The Balaban J connectivity index is 1.60. The van der Waals surface area contributed by atoms with Crippen LogP contribution in [0, 0.1) is 0 Å². The molecular weight excluding hydrogens is 454 g/mol. The molecule has 34 heavy (non-hydrogen) atoms. The molecule has 0 saturated heterocycles. The number of carbonyl (C=O) groups is 2.